The van der Waals surface area contributed by atoms with Crippen LogP contribution in [0.4, 0.5) is 25.0 Å². The molecular weight excluding hydrogens is 430 g/mol. The van der Waals surface area contributed by atoms with Crippen molar-refractivity contribution in [2.75, 3.05) is 29.5 Å². The third kappa shape index (κ3) is 4.21. The summed E-state index contributed by atoms with van der Waals surface area (Å²) in [5.74, 6) is -0.615. The summed E-state index contributed by atoms with van der Waals surface area (Å²) in [5, 5.41) is 9.75. The minimum Gasteiger partial charge on any atom is -0.508 e. The van der Waals surface area contributed by atoms with Gasteiger partial charge >= 0.3 is 6.09 Å². The highest BCUT2D eigenvalue weighted by Crippen LogP contribution is 2.40. The van der Waals surface area contributed by atoms with Gasteiger partial charge in [-0.15, -0.1) is 0 Å². The number of phenolic OH excluding ortho intramolecular Hbond substituents is 1. The van der Waals surface area contributed by atoms with Crippen LogP contribution >= 0.6 is 0 Å². The Morgan fingerprint density at radius 2 is 1.45 bits per heavy atom. The zero-order valence-corrected chi connectivity index (χ0v) is 17.6. The summed E-state index contributed by atoms with van der Waals surface area (Å²) in [6.07, 6.45) is -1.68. The molecule has 0 bridgehead atoms. The quantitative estimate of drug-likeness (QED) is 0.625. The van der Waals surface area contributed by atoms with Crippen molar-refractivity contribution in [3.05, 3.63) is 90.0 Å². The number of aromatic hydroxyl groups is 1. The lowest BCUT2D eigenvalue weighted by Gasteiger charge is -2.38. The molecule has 5 rings (SSSR count). The van der Waals surface area contributed by atoms with Gasteiger partial charge < -0.3 is 19.5 Å². The second-order valence-corrected chi connectivity index (χ2v) is 8.06. The number of hydrogen-bond acceptors (Lipinski definition) is 5. The molecule has 6 nitrogen and oxygen atoms in total. The first-order valence-electron chi connectivity index (χ1n) is 10.7. The van der Waals surface area contributed by atoms with E-state index >= 15 is 0 Å². The van der Waals surface area contributed by atoms with E-state index in [1.165, 1.54) is 41.3 Å². The smallest absolute Gasteiger partial charge is 0.415 e. The van der Waals surface area contributed by atoms with E-state index in [-0.39, 0.29) is 11.6 Å². The van der Waals surface area contributed by atoms with Crippen molar-refractivity contribution >= 4 is 17.5 Å². The molecule has 170 valence electrons. The minimum atomic E-state index is -0.657. The molecule has 3 atom stereocenters. The summed E-state index contributed by atoms with van der Waals surface area (Å²) in [6, 6.07) is 17.9. The van der Waals surface area contributed by atoms with E-state index in [1.54, 1.807) is 36.4 Å². The molecule has 2 aliphatic heterocycles. The molecule has 3 aromatic rings. The summed E-state index contributed by atoms with van der Waals surface area (Å²) in [4.78, 5) is 16.6. The van der Waals surface area contributed by atoms with E-state index in [1.807, 2.05) is 0 Å². The molecule has 0 unspecified atom stereocenters. The SMILES string of the molecule is O=C1O[C@H]([C@@H]2CN(c3ccc(F)cc3)CCO2)[C@@H](c2ccc(O)cc2)N1c1ccc(F)cc1. The number of morpholine rings is 1. The Morgan fingerprint density at radius 3 is 2.09 bits per heavy atom. The Bertz CT molecular complexity index is 1120. The van der Waals surface area contributed by atoms with Crippen LogP contribution in [-0.4, -0.2) is 43.1 Å². The Hall–Kier alpha value is -3.65. The maximum absolute atomic E-state index is 13.5. The zero-order valence-electron chi connectivity index (χ0n) is 17.6. The molecule has 1 amide bonds. The molecule has 0 spiro atoms. The van der Waals surface area contributed by atoms with Gasteiger partial charge in [0.2, 0.25) is 0 Å². The average Bonchev–Trinajstić information content (AvgIpc) is 3.18. The van der Waals surface area contributed by atoms with Gasteiger partial charge in [0, 0.05) is 24.5 Å². The number of rotatable bonds is 4. The first kappa shape index (κ1) is 21.2. The molecule has 0 aliphatic carbocycles. The fourth-order valence-electron chi connectivity index (χ4n) is 4.42. The number of halogens is 2. The number of ether oxygens (including phenoxy) is 2. The van der Waals surface area contributed by atoms with Crippen molar-refractivity contribution in [3.63, 3.8) is 0 Å². The second-order valence-electron chi connectivity index (χ2n) is 8.06. The van der Waals surface area contributed by atoms with Crippen molar-refractivity contribution in [2.24, 2.45) is 0 Å². The molecule has 0 aromatic heterocycles. The van der Waals surface area contributed by atoms with E-state index < -0.39 is 30.2 Å². The number of hydrogen-bond donors (Lipinski definition) is 1. The van der Waals surface area contributed by atoms with Gasteiger partial charge in [-0.25, -0.2) is 13.6 Å². The van der Waals surface area contributed by atoms with Crippen LogP contribution < -0.4 is 9.80 Å². The van der Waals surface area contributed by atoms with Crippen LogP contribution in [0.3, 0.4) is 0 Å². The highest BCUT2D eigenvalue weighted by molar-refractivity contribution is 5.91. The number of carbonyl (C=O) groups is 1. The van der Waals surface area contributed by atoms with Gasteiger partial charge in [0.15, 0.2) is 6.10 Å². The van der Waals surface area contributed by atoms with Crippen LogP contribution in [0.5, 0.6) is 5.75 Å². The Kier molecular flexibility index (Phi) is 5.60. The van der Waals surface area contributed by atoms with Crippen LogP contribution in [0.2, 0.25) is 0 Å². The highest BCUT2D eigenvalue weighted by atomic mass is 19.1. The Morgan fingerprint density at radius 1 is 0.848 bits per heavy atom. The maximum Gasteiger partial charge on any atom is 0.415 e. The monoisotopic (exact) mass is 452 g/mol. The van der Waals surface area contributed by atoms with Crippen LogP contribution in [0.1, 0.15) is 11.6 Å². The lowest BCUT2D eigenvalue weighted by atomic mass is 9.95. The third-order valence-corrected chi connectivity index (χ3v) is 6.01. The number of carbonyl (C=O) groups excluding carboxylic acids is 1. The molecule has 2 heterocycles. The molecule has 33 heavy (non-hydrogen) atoms. The van der Waals surface area contributed by atoms with E-state index in [9.17, 15) is 18.7 Å². The van der Waals surface area contributed by atoms with Gasteiger partial charge in [0.1, 0.15) is 29.5 Å². The first-order chi connectivity index (χ1) is 16.0. The van der Waals surface area contributed by atoms with Gasteiger partial charge in [-0.3, -0.25) is 4.90 Å². The van der Waals surface area contributed by atoms with Gasteiger partial charge in [-0.1, -0.05) is 12.1 Å². The number of anilines is 2. The fraction of sp³-hybridized carbons (Fsp3) is 0.240. The lowest BCUT2D eigenvalue weighted by Crippen LogP contribution is -2.49. The summed E-state index contributed by atoms with van der Waals surface area (Å²) in [7, 11) is 0. The zero-order chi connectivity index (χ0) is 22.9. The number of nitrogens with zero attached hydrogens (tertiary/aromatic N) is 2. The number of cyclic esters (lactones) is 1. The maximum atomic E-state index is 13.5. The van der Waals surface area contributed by atoms with Gasteiger partial charge in [0.25, 0.3) is 0 Å². The van der Waals surface area contributed by atoms with Gasteiger partial charge in [0.05, 0.1) is 6.61 Å². The summed E-state index contributed by atoms with van der Waals surface area (Å²) in [6.45, 7) is 1.47. The standard InChI is InChI=1S/C25H22F2N2O4/c26-17-3-7-19(8-4-17)28-13-14-32-22(15-28)24-23(16-1-11-21(30)12-2-16)29(25(31)33-24)20-9-5-18(27)6-10-20/h1-12,22-24,30H,13-15H2/t22-,23+,24+/m0/s1. The molecule has 2 fully saturated rings. The Labute approximate surface area is 189 Å². The topological polar surface area (TPSA) is 62.2 Å². The highest BCUT2D eigenvalue weighted by Gasteiger charge is 2.49. The number of phenols is 1. The van der Waals surface area contributed by atoms with Gasteiger partial charge in [-0.2, -0.15) is 0 Å². The number of benzene rings is 3. The van der Waals surface area contributed by atoms with Crippen molar-refractivity contribution in [1.82, 2.24) is 0 Å². The lowest BCUT2D eigenvalue weighted by molar-refractivity contribution is -0.0419. The molecule has 3 aromatic carbocycles. The summed E-state index contributed by atoms with van der Waals surface area (Å²) in [5.41, 5.74) is 2.09. The summed E-state index contributed by atoms with van der Waals surface area (Å²) < 4.78 is 38.7. The summed E-state index contributed by atoms with van der Waals surface area (Å²) >= 11 is 0. The predicted molar refractivity (Wildman–Crippen MR) is 118 cm³/mol. The van der Waals surface area contributed by atoms with Crippen LogP contribution in [0.25, 0.3) is 0 Å². The minimum absolute atomic E-state index is 0.102. The molecule has 2 saturated heterocycles. The van der Waals surface area contributed by atoms with Crippen molar-refractivity contribution < 1.29 is 28.2 Å². The van der Waals surface area contributed by atoms with Crippen LogP contribution in [-0.2, 0) is 9.47 Å². The molecule has 0 radical (unpaired) electrons. The molecule has 0 saturated carbocycles. The van der Waals surface area contributed by atoms with Crippen molar-refractivity contribution in [2.45, 2.75) is 18.2 Å². The van der Waals surface area contributed by atoms with Crippen LogP contribution in [0.15, 0.2) is 72.8 Å². The first-order valence-corrected chi connectivity index (χ1v) is 10.7. The molecular formula is C25H22F2N2O4. The second kappa shape index (κ2) is 8.71. The van der Waals surface area contributed by atoms with Crippen molar-refractivity contribution in [3.8, 4) is 5.75 Å². The average molecular weight is 452 g/mol. The van der Waals surface area contributed by atoms with Crippen molar-refractivity contribution in [1.29, 1.82) is 0 Å². The fourth-order valence-corrected chi connectivity index (χ4v) is 4.42. The normalized spacial score (nSPS) is 23.0. The van der Waals surface area contributed by atoms with Crippen LogP contribution in [0, 0.1) is 11.6 Å². The van der Waals surface area contributed by atoms with Gasteiger partial charge in [-0.05, 0) is 66.2 Å². The molecule has 8 heteroatoms. The largest absolute Gasteiger partial charge is 0.508 e. The Balaban J connectivity index is 1.48. The number of amides is 1. The van der Waals surface area contributed by atoms with E-state index in [0.717, 1.165) is 11.3 Å². The molecule has 2 aliphatic rings. The molecule has 1 N–H and O–H groups in total. The van der Waals surface area contributed by atoms with E-state index in [4.69, 9.17) is 9.47 Å². The predicted octanol–water partition coefficient (Wildman–Crippen LogP) is 4.64. The van der Waals surface area contributed by atoms with E-state index in [0.29, 0.717) is 25.4 Å². The van der Waals surface area contributed by atoms with E-state index in [2.05, 4.69) is 4.90 Å². The third-order valence-electron chi connectivity index (χ3n) is 6.01.